The summed E-state index contributed by atoms with van der Waals surface area (Å²) in [7, 11) is 0. The first-order chi connectivity index (χ1) is 16.5. The lowest BCUT2D eigenvalue weighted by Crippen LogP contribution is -2.48. The van der Waals surface area contributed by atoms with Crippen LogP contribution in [0.15, 0.2) is 78.9 Å². The molecule has 0 aliphatic carbocycles. The number of nitrogens with zero attached hydrogens (tertiary/aromatic N) is 3. The number of aromatic nitrogens is 1. The van der Waals surface area contributed by atoms with Crippen molar-refractivity contribution >= 4 is 22.7 Å². The van der Waals surface area contributed by atoms with Gasteiger partial charge in [0.15, 0.2) is 0 Å². The van der Waals surface area contributed by atoms with E-state index in [2.05, 4.69) is 9.80 Å². The Labute approximate surface area is 195 Å². The van der Waals surface area contributed by atoms with E-state index in [1.54, 1.807) is 42.5 Å². The Balaban J connectivity index is 1.42. The Morgan fingerprint density at radius 3 is 1.94 bits per heavy atom. The summed E-state index contributed by atoms with van der Waals surface area (Å²) in [5, 5.41) is 10.3. The number of carbonyl (C=O) groups is 1. The number of hydrogen-bond donors (Lipinski definition) is 1. The van der Waals surface area contributed by atoms with Crippen molar-refractivity contribution in [2.45, 2.75) is 6.04 Å². The largest absolute Gasteiger partial charge is 0.478 e. The number of anilines is 1. The smallest absolute Gasteiger partial charge is 0.336 e. The molecule has 3 aromatic carbocycles. The number of benzene rings is 3. The predicted molar refractivity (Wildman–Crippen MR) is 127 cm³/mol. The van der Waals surface area contributed by atoms with Gasteiger partial charge in [-0.05, 0) is 47.5 Å². The predicted octanol–water partition coefficient (Wildman–Crippen LogP) is 5.12. The van der Waals surface area contributed by atoms with Gasteiger partial charge in [-0.3, -0.25) is 4.90 Å². The lowest BCUT2D eigenvalue weighted by molar-refractivity contribution is 0.0699. The van der Waals surface area contributed by atoms with E-state index in [9.17, 15) is 18.7 Å². The van der Waals surface area contributed by atoms with Crippen LogP contribution in [-0.2, 0) is 0 Å². The highest BCUT2D eigenvalue weighted by Gasteiger charge is 2.28. The Bertz CT molecular complexity index is 1270. The molecular weight excluding hydrogens is 436 g/mol. The summed E-state index contributed by atoms with van der Waals surface area (Å²) < 4.78 is 27.1. The van der Waals surface area contributed by atoms with Crippen LogP contribution in [0.4, 0.5) is 14.6 Å². The van der Waals surface area contributed by atoms with Gasteiger partial charge in [0.1, 0.15) is 17.5 Å². The van der Waals surface area contributed by atoms with Crippen molar-refractivity contribution < 1.29 is 18.7 Å². The molecule has 5 rings (SSSR count). The Kier molecular flexibility index (Phi) is 5.94. The minimum atomic E-state index is -0.980. The fourth-order valence-corrected chi connectivity index (χ4v) is 4.61. The van der Waals surface area contributed by atoms with Crippen LogP contribution < -0.4 is 4.90 Å². The van der Waals surface area contributed by atoms with Crippen LogP contribution in [0, 0.1) is 11.6 Å². The molecule has 0 amide bonds. The van der Waals surface area contributed by atoms with Gasteiger partial charge in [0.25, 0.3) is 0 Å². The number of carboxylic acid groups (broad SMARTS) is 1. The van der Waals surface area contributed by atoms with Crippen LogP contribution in [0.1, 0.15) is 27.5 Å². The average Bonchev–Trinajstić information content (AvgIpc) is 2.86. The molecule has 34 heavy (non-hydrogen) atoms. The van der Waals surface area contributed by atoms with E-state index in [1.807, 2.05) is 12.1 Å². The SMILES string of the molecule is O=C(O)c1cc(N2CCN(C(c3ccc(F)cc3)c3ccc(F)cc3)CC2)nc2ccccc12. The van der Waals surface area contributed by atoms with Gasteiger partial charge in [0, 0.05) is 31.6 Å². The van der Waals surface area contributed by atoms with E-state index in [1.165, 1.54) is 24.3 Å². The van der Waals surface area contributed by atoms with E-state index in [-0.39, 0.29) is 23.2 Å². The monoisotopic (exact) mass is 459 g/mol. The fraction of sp³-hybridized carbons (Fsp3) is 0.185. The first-order valence-electron chi connectivity index (χ1n) is 11.1. The molecule has 1 aromatic heterocycles. The lowest BCUT2D eigenvalue weighted by atomic mass is 9.96. The number of pyridine rings is 1. The van der Waals surface area contributed by atoms with Gasteiger partial charge in [0.05, 0.1) is 17.1 Å². The molecule has 1 saturated heterocycles. The first-order valence-corrected chi connectivity index (χ1v) is 11.1. The number of carboxylic acids is 1. The normalized spacial score (nSPS) is 14.6. The molecular formula is C27H23F2N3O2. The van der Waals surface area contributed by atoms with Crippen molar-refractivity contribution in [2.24, 2.45) is 0 Å². The Hall–Kier alpha value is -3.84. The van der Waals surface area contributed by atoms with Gasteiger partial charge in [-0.15, -0.1) is 0 Å². The summed E-state index contributed by atoms with van der Waals surface area (Å²) in [5.74, 6) is -0.951. The van der Waals surface area contributed by atoms with Crippen LogP contribution in [0.25, 0.3) is 10.9 Å². The third-order valence-corrected chi connectivity index (χ3v) is 6.31. The molecule has 0 saturated carbocycles. The zero-order valence-electron chi connectivity index (χ0n) is 18.4. The van der Waals surface area contributed by atoms with Gasteiger partial charge in [-0.2, -0.15) is 0 Å². The maximum Gasteiger partial charge on any atom is 0.336 e. The summed E-state index contributed by atoms with van der Waals surface area (Å²) in [4.78, 5) is 20.9. The molecule has 7 heteroatoms. The van der Waals surface area contributed by atoms with E-state index < -0.39 is 5.97 Å². The van der Waals surface area contributed by atoms with Crippen molar-refractivity contribution in [1.29, 1.82) is 0 Å². The Morgan fingerprint density at radius 2 is 1.38 bits per heavy atom. The highest BCUT2D eigenvalue weighted by Crippen LogP contribution is 2.31. The highest BCUT2D eigenvalue weighted by molar-refractivity contribution is 6.03. The van der Waals surface area contributed by atoms with Crippen molar-refractivity contribution in [1.82, 2.24) is 9.88 Å². The zero-order valence-corrected chi connectivity index (χ0v) is 18.4. The standard InChI is InChI=1S/C27H23F2N3O2/c28-20-9-5-18(6-10-20)26(19-7-11-21(29)12-8-19)32-15-13-31(14-16-32)25-17-23(27(33)34)22-3-1-2-4-24(22)30-25/h1-12,17,26H,13-16H2,(H,33,34). The number of halogens is 2. The second-order valence-electron chi connectivity index (χ2n) is 8.38. The number of aromatic carboxylic acids is 1. The van der Waals surface area contributed by atoms with Crippen molar-refractivity contribution in [3.8, 4) is 0 Å². The second kappa shape index (κ2) is 9.19. The number of rotatable bonds is 5. The van der Waals surface area contributed by atoms with Crippen LogP contribution >= 0.6 is 0 Å². The zero-order chi connectivity index (χ0) is 23.7. The Morgan fingerprint density at radius 1 is 0.824 bits per heavy atom. The second-order valence-corrected chi connectivity index (χ2v) is 8.38. The van der Waals surface area contributed by atoms with E-state index in [0.29, 0.717) is 42.9 Å². The van der Waals surface area contributed by atoms with E-state index >= 15 is 0 Å². The number of para-hydroxylation sites is 1. The van der Waals surface area contributed by atoms with Gasteiger partial charge < -0.3 is 10.0 Å². The lowest BCUT2D eigenvalue weighted by Gasteiger charge is -2.40. The molecule has 4 aromatic rings. The molecule has 0 bridgehead atoms. The molecule has 5 nitrogen and oxygen atoms in total. The number of hydrogen-bond acceptors (Lipinski definition) is 4. The van der Waals surface area contributed by atoms with Gasteiger partial charge >= 0.3 is 5.97 Å². The molecule has 1 N–H and O–H groups in total. The third kappa shape index (κ3) is 4.34. The van der Waals surface area contributed by atoms with Crippen LogP contribution in [0.2, 0.25) is 0 Å². The van der Waals surface area contributed by atoms with E-state index in [4.69, 9.17) is 4.98 Å². The van der Waals surface area contributed by atoms with Crippen molar-refractivity contribution in [2.75, 3.05) is 31.1 Å². The number of piperazine rings is 1. The quantitative estimate of drug-likeness (QED) is 0.449. The minimum absolute atomic E-state index is 0.150. The van der Waals surface area contributed by atoms with Crippen molar-refractivity contribution in [3.63, 3.8) is 0 Å². The van der Waals surface area contributed by atoms with E-state index in [0.717, 1.165) is 11.1 Å². The third-order valence-electron chi connectivity index (χ3n) is 6.31. The maximum atomic E-state index is 13.6. The van der Waals surface area contributed by atoms with Crippen LogP contribution in [0.5, 0.6) is 0 Å². The number of fused-ring (bicyclic) bond motifs is 1. The fourth-order valence-electron chi connectivity index (χ4n) is 4.61. The summed E-state index contributed by atoms with van der Waals surface area (Å²) in [6.45, 7) is 2.64. The molecule has 1 aliphatic heterocycles. The van der Waals surface area contributed by atoms with Gasteiger partial charge in [0.2, 0.25) is 0 Å². The topological polar surface area (TPSA) is 56.7 Å². The highest BCUT2D eigenvalue weighted by atomic mass is 19.1. The average molecular weight is 459 g/mol. The van der Waals surface area contributed by atoms with Crippen LogP contribution in [-0.4, -0.2) is 47.1 Å². The maximum absolute atomic E-state index is 13.6. The van der Waals surface area contributed by atoms with Gasteiger partial charge in [-0.1, -0.05) is 42.5 Å². The summed E-state index contributed by atoms with van der Waals surface area (Å²) in [5.41, 5.74) is 2.74. The molecule has 0 radical (unpaired) electrons. The van der Waals surface area contributed by atoms with Gasteiger partial charge in [-0.25, -0.2) is 18.6 Å². The molecule has 0 atom stereocenters. The molecule has 0 spiro atoms. The molecule has 2 heterocycles. The summed E-state index contributed by atoms with van der Waals surface area (Å²) in [6, 6.07) is 21.5. The summed E-state index contributed by atoms with van der Waals surface area (Å²) >= 11 is 0. The molecule has 0 unspecified atom stereocenters. The molecule has 1 aliphatic rings. The minimum Gasteiger partial charge on any atom is -0.478 e. The summed E-state index contributed by atoms with van der Waals surface area (Å²) in [6.07, 6.45) is 0. The van der Waals surface area contributed by atoms with Crippen molar-refractivity contribution in [3.05, 3.63) is 107 Å². The van der Waals surface area contributed by atoms with Crippen LogP contribution in [0.3, 0.4) is 0 Å². The molecule has 1 fully saturated rings. The first kappa shape index (κ1) is 22.0. The molecule has 172 valence electrons.